The van der Waals surface area contributed by atoms with Gasteiger partial charge in [-0.15, -0.1) is 0 Å². The van der Waals surface area contributed by atoms with E-state index >= 15 is 0 Å². The number of amides is 1. The number of rotatable bonds is 25. The lowest BCUT2D eigenvalue weighted by molar-refractivity contribution is -0.225. The summed E-state index contributed by atoms with van der Waals surface area (Å²) >= 11 is 0. The van der Waals surface area contributed by atoms with E-state index in [0.29, 0.717) is 31.4 Å². The minimum atomic E-state index is -1.86. The van der Waals surface area contributed by atoms with Crippen LogP contribution in [0.2, 0.25) is 0 Å². The second-order valence-corrected chi connectivity index (χ2v) is 22.6. The summed E-state index contributed by atoms with van der Waals surface area (Å²) < 4.78 is 28.8. The van der Waals surface area contributed by atoms with Gasteiger partial charge in [-0.05, 0) is 108 Å². The molecule has 3 unspecified atom stereocenters. The van der Waals surface area contributed by atoms with Crippen LogP contribution in [0.3, 0.4) is 0 Å². The summed E-state index contributed by atoms with van der Waals surface area (Å²) in [6.07, 6.45) is 13.7. The number of benzene rings is 1. The number of ether oxygens (including phenoxy) is 5. The third-order valence-electron chi connectivity index (χ3n) is 15.8. The van der Waals surface area contributed by atoms with E-state index < -0.39 is 89.0 Å². The Morgan fingerprint density at radius 3 is 2.07 bits per heavy atom. The summed E-state index contributed by atoms with van der Waals surface area (Å²) in [5.74, 6) is -4.49. The number of carbonyl (C=O) groups excluding carboxylic acids is 6. The number of unbranched alkanes of at least 4 members (excludes halogenated alkanes) is 12. The number of allylic oxidation sites excluding steroid dienone is 2. The zero-order valence-corrected chi connectivity index (χ0v) is 44.7. The minimum absolute atomic E-state index is 0.000765. The molecule has 0 radical (unpaired) electrons. The maximum absolute atomic E-state index is 14.8. The number of Topliss-reactive ketones (excluding diaryl/α,β-unsaturated/α-hetero) is 2. The van der Waals surface area contributed by atoms with Gasteiger partial charge in [0.05, 0.1) is 43.7 Å². The average molecular weight is 1010 g/mol. The van der Waals surface area contributed by atoms with E-state index in [-0.39, 0.29) is 60.7 Å². The van der Waals surface area contributed by atoms with Gasteiger partial charge < -0.3 is 39.2 Å². The smallest absolute Gasteiger partial charge is 0.408 e. The highest BCUT2D eigenvalue weighted by atomic mass is 16.6. The van der Waals surface area contributed by atoms with E-state index in [1.54, 1.807) is 65.0 Å². The molecule has 14 heteroatoms. The largest absolute Gasteiger partial charge is 0.466 e. The summed E-state index contributed by atoms with van der Waals surface area (Å²) in [5.41, 5.74) is -2.47. The molecule has 1 saturated heterocycles. The molecule has 14 nitrogen and oxygen atoms in total. The number of aliphatic hydroxyl groups is 2. The fourth-order valence-electron chi connectivity index (χ4n) is 11.6. The van der Waals surface area contributed by atoms with Crippen molar-refractivity contribution in [2.45, 2.75) is 226 Å². The Hall–Kier alpha value is -4.40. The predicted molar refractivity (Wildman–Crippen MR) is 273 cm³/mol. The molecule has 72 heavy (non-hydrogen) atoms. The Labute approximate surface area is 429 Å². The van der Waals surface area contributed by atoms with Crippen molar-refractivity contribution < 1.29 is 62.7 Å². The predicted octanol–water partition coefficient (Wildman–Crippen LogP) is 10.5. The number of fused-ring (bicyclic) bond motifs is 5. The van der Waals surface area contributed by atoms with Crippen LogP contribution < -0.4 is 5.32 Å². The number of nitrogens with one attached hydrogen (secondary N) is 1. The van der Waals surface area contributed by atoms with E-state index in [9.17, 15) is 39.0 Å². The first kappa shape index (κ1) is 58.5. The topological polar surface area (TPSA) is 201 Å². The zero-order valence-electron chi connectivity index (χ0n) is 44.7. The van der Waals surface area contributed by atoms with Crippen molar-refractivity contribution in [2.75, 3.05) is 13.2 Å². The van der Waals surface area contributed by atoms with E-state index in [4.69, 9.17) is 23.7 Å². The number of hydrogen-bond donors (Lipinski definition) is 3. The van der Waals surface area contributed by atoms with Gasteiger partial charge in [0.15, 0.2) is 5.78 Å². The highest BCUT2D eigenvalue weighted by Gasteiger charge is 2.62. The highest BCUT2D eigenvalue weighted by Crippen LogP contribution is 2.57. The fraction of sp³-hybridized carbons (Fsp3) is 0.724. The molecule has 402 valence electrons. The Kier molecular flexibility index (Phi) is 22.1. The maximum atomic E-state index is 14.8. The molecule has 3 N–H and O–H groups in total. The van der Waals surface area contributed by atoms with Crippen LogP contribution in [0.5, 0.6) is 0 Å². The van der Waals surface area contributed by atoms with Crippen molar-refractivity contribution in [2.24, 2.45) is 28.6 Å². The van der Waals surface area contributed by atoms with E-state index in [0.717, 1.165) is 44.9 Å². The molecule has 1 aromatic carbocycles. The van der Waals surface area contributed by atoms with Gasteiger partial charge in [-0.1, -0.05) is 121 Å². The van der Waals surface area contributed by atoms with Gasteiger partial charge in [0.1, 0.15) is 29.6 Å². The molecule has 1 heterocycles. The molecular formula is C58H87NO13. The monoisotopic (exact) mass is 1010 g/mol. The summed E-state index contributed by atoms with van der Waals surface area (Å²) in [6, 6.07) is 6.97. The van der Waals surface area contributed by atoms with Crippen molar-refractivity contribution in [1.29, 1.82) is 0 Å². The normalized spacial score (nSPS) is 26.9. The Morgan fingerprint density at radius 2 is 1.46 bits per heavy atom. The molecule has 1 amide bonds. The van der Waals surface area contributed by atoms with E-state index in [1.807, 2.05) is 13.8 Å². The molecule has 2 bridgehead atoms. The molecule has 10 atom stereocenters. The fourth-order valence-corrected chi connectivity index (χ4v) is 11.6. The van der Waals surface area contributed by atoms with Crippen LogP contribution >= 0.6 is 0 Å². The second kappa shape index (κ2) is 27.2. The van der Waals surface area contributed by atoms with Crippen LogP contribution in [0, 0.1) is 28.6 Å². The Balaban J connectivity index is 1.25. The summed E-state index contributed by atoms with van der Waals surface area (Å²) in [4.78, 5) is 83.9. The number of esters is 3. The molecule has 4 aliphatic rings. The maximum Gasteiger partial charge on any atom is 0.408 e. The molecule has 5 rings (SSSR count). The van der Waals surface area contributed by atoms with Crippen molar-refractivity contribution in [3.63, 3.8) is 0 Å². The molecule has 1 aliphatic heterocycles. The van der Waals surface area contributed by atoms with Gasteiger partial charge in [-0.25, -0.2) is 9.59 Å². The lowest BCUT2D eigenvalue weighted by Gasteiger charge is -2.56. The van der Waals surface area contributed by atoms with Crippen LogP contribution in [0.25, 0.3) is 0 Å². The van der Waals surface area contributed by atoms with Gasteiger partial charge in [0, 0.05) is 24.7 Å². The van der Waals surface area contributed by atoms with Gasteiger partial charge in [-0.3, -0.25) is 19.2 Å². The Morgan fingerprint density at radius 1 is 0.847 bits per heavy atom. The average Bonchev–Trinajstić information content (AvgIpc) is 3.36. The molecule has 0 aromatic heterocycles. The molecule has 0 spiro atoms. The number of alkyl carbamates (subject to hydrolysis) is 1. The minimum Gasteiger partial charge on any atom is -0.466 e. The SMILES string of the molecule is CCCCCCCC/C=C\CCCCCCCCOC(=O)CCC(=O)OC(C(=O)O[C@H]1CC(=O)C2CC[C@@H]3[C@@H]4CO[C@@H]4C[C@H](O)[C@@]3(C)C(=O)[C@H](O)C(=C1C)C2(C)C)C(NC(=O)OC(C)(C)C)c1ccccc1. The van der Waals surface area contributed by atoms with Crippen LogP contribution in [0.15, 0.2) is 53.6 Å². The van der Waals surface area contributed by atoms with Crippen molar-refractivity contribution in [3.05, 3.63) is 59.2 Å². The van der Waals surface area contributed by atoms with E-state index in [2.05, 4.69) is 24.4 Å². The Bertz CT molecular complexity index is 2040. The molecule has 2 saturated carbocycles. The van der Waals surface area contributed by atoms with Crippen molar-refractivity contribution >= 4 is 35.6 Å². The van der Waals surface area contributed by atoms with Gasteiger partial charge in [-0.2, -0.15) is 0 Å². The van der Waals surface area contributed by atoms with Crippen molar-refractivity contribution in [3.8, 4) is 0 Å². The number of ketones is 2. The molecule has 3 aliphatic carbocycles. The number of carbonyl (C=O) groups is 6. The van der Waals surface area contributed by atoms with Crippen LogP contribution in [0.1, 0.15) is 195 Å². The van der Waals surface area contributed by atoms with E-state index in [1.165, 1.54) is 38.5 Å². The lowest BCUT2D eigenvalue weighted by Crippen LogP contribution is -2.63. The van der Waals surface area contributed by atoms with Crippen LogP contribution in [-0.2, 0) is 47.7 Å². The van der Waals surface area contributed by atoms with Crippen LogP contribution in [0.4, 0.5) is 4.79 Å². The number of aliphatic hydroxyl groups excluding tert-OH is 2. The second-order valence-electron chi connectivity index (χ2n) is 22.6. The van der Waals surface area contributed by atoms with Gasteiger partial charge in [0.2, 0.25) is 6.10 Å². The summed E-state index contributed by atoms with van der Waals surface area (Å²) in [5, 5.41) is 26.5. The first-order chi connectivity index (χ1) is 34.2. The molecule has 3 fully saturated rings. The van der Waals surface area contributed by atoms with Crippen LogP contribution in [-0.4, -0.2) is 95.1 Å². The van der Waals surface area contributed by atoms with Gasteiger partial charge >= 0.3 is 24.0 Å². The standard InChI is InChI=1S/C58H87NO13/c1-9-10-11-12-13-14-15-16-17-18-19-20-21-22-23-27-34-68-47(62)32-33-48(63)71-52(50(39-28-25-24-26-29-39)59-55(67)72-56(3,4)5)54(66)70-44-35-43(60)42-31-30-41-40-37-69-45(40)36-46(61)58(41,8)53(65)51(64)49(38(44)2)57(42,6)7/h16-17,24-26,28-29,40-42,44-46,50-52,61,64H,9-15,18-23,27,30-37H2,1-8H3,(H,59,67)/b17-16-/t40-,41+,42?,44-,45+,46-,50?,51+,52?,58-/m0/s1. The highest BCUT2D eigenvalue weighted by molar-refractivity contribution is 5.94. The summed E-state index contributed by atoms with van der Waals surface area (Å²) in [7, 11) is 0. The first-order valence-electron chi connectivity index (χ1n) is 27.2. The third kappa shape index (κ3) is 15.6. The van der Waals surface area contributed by atoms with Gasteiger partial charge in [0.25, 0.3) is 0 Å². The zero-order chi connectivity index (χ0) is 52.6. The first-order valence-corrected chi connectivity index (χ1v) is 27.2. The quantitative estimate of drug-likeness (QED) is 0.0362. The lowest BCUT2D eigenvalue weighted by atomic mass is 9.55. The van der Waals surface area contributed by atoms with Crippen molar-refractivity contribution in [1.82, 2.24) is 5.32 Å². The molecule has 1 aromatic rings. The number of hydrogen-bond acceptors (Lipinski definition) is 13. The summed E-state index contributed by atoms with van der Waals surface area (Å²) in [6.45, 7) is 14.8. The molecular weight excluding hydrogens is 919 g/mol. The third-order valence-corrected chi connectivity index (χ3v) is 15.8.